The van der Waals surface area contributed by atoms with Crippen molar-refractivity contribution in [1.29, 1.82) is 0 Å². The fraction of sp³-hybridized carbons (Fsp3) is 0.667. The second-order valence-corrected chi connectivity index (χ2v) is 8.24. The summed E-state index contributed by atoms with van der Waals surface area (Å²) in [6.45, 7) is 2.13. The van der Waals surface area contributed by atoms with Crippen molar-refractivity contribution in [2.24, 2.45) is 5.92 Å². The van der Waals surface area contributed by atoms with Crippen LogP contribution in [0.2, 0.25) is 0 Å². The van der Waals surface area contributed by atoms with Gasteiger partial charge in [0.05, 0.1) is 19.7 Å². The zero-order valence-electron chi connectivity index (χ0n) is 13.9. The molecule has 3 saturated heterocycles. The SMILES string of the molecule is O=C(C1CCSCC1)N1CC2(C[C@@H](Oc3ccccn3)CCO2)C1. The Labute approximate surface area is 147 Å². The van der Waals surface area contributed by atoms with Crippen LogP contribution in [-0.4, -0.2) is 58.7 Å². The summed E-state index contributed by atoms with van der Waals surface area (Å²) >= 11 is 1.96. The summed E-state index contributed by atoms with van der Waals surface area (Å²) in [6.07, 6.45) is 5.65. The largest absolute Gasteiger partial charge is 0.474 e. The Morgan fingerprint density at radius 2 is 2.12 bits per heavy atom. The first-order valence-corrected chi connectivity index (χ1v) is 9.98. The van der Waals surface area contributed by atoms with E-state index in [2.05, 4.69) is 4.98 Å². The smallest absolute Gasteiger partial charge is 0.225 e. The van der Waals surface area contributed by atoms with Crippen LogP contribution in [-0.2, 0) is 9.53 Å². The van der Waals surface area contributed by atoms with E-state index in [0.717, 1.165) is 50.3 Å². The molecule has 3 aliphatic heterocycles. The molecule has 0 unspecified atom stereocenters. The van der Waals surface area contributed by atoms with Crippen LogP contribution in [0.1, 0.15) is 25.7 Å². The zero-order chi connectivity index (χ0) is 16.4. The summed E-state index contributed by atoms with van der Waals surface area (Å²) in [4.78, 5) is 18.8. The van der Waals surface area contributed by atoms with Gasteiger partial charge in [0.25, 0.3) is 0 Å². The van der Waals surface area contributed by atoms with Crippen LogP contribution in [0.4, 0.5) is 0 Å². The molecule has 3 fully saturated rings. The van der Waals surface area contributed by atoms with Gasteiger partial charge in [-0.1, -0.05) is 6.07 Å². The van der Waals surface area contributed by atoms with Gasteiger partial charge < -0.3 is 14.4 Å². The minimum atomic E-state index is -0.198. The normalized spacial score (nSPS) is 26.8. The number of thioether (sulfide) groups is 1. The highest BCUT2D eigenvalue weighted by Crippen LogP contribution is 2.37. The molecule has 4 heterocycles. The predicted molar refractivity (Wildman–Crippen MR) is 93.2 cm³/mol. The number of nitrogens with zero attached hydrogens (tertiary/aromatic N) is 2. The Hall–Kier alpha value is -1.27. The molecular formula is C18H24N2O3S. The molecule has 3 aliphatic rings. The number of hydrogen-bond donors (Lipinski definition) is 0. The van der Waals surface area contributed by atoms with Crippen molar-refractivity contribution in [2.75, 3.05) is 31.2 Å². The summed E-state index contributed by atoms with van der Waals surface area (Å²) in [5.41, 5.74) is -0.198. The number of amides is 1. The first-order chi connectivity index (χ1) is 11.7. The Morgan fingerprint density at radius 1 is 1.29 bits per heavy atom. The fourth-order valence-corrected chi connectivity index (χ4v) is 5.01. The number of pyridine rings is 1. The third-order valence-electron chi connectivity index (χ3n) is 5.21. The maximum Gasteiger partial charge on any atom is 0.225 e. The van der Waals surface area contributed by atoms with Crippen molar-refractivity contribution >= 4 is 17.7 Å². The van der Waals surface area contributed by atoms with Crippen LogP contribution in [0.3, 0.4) is 0 Å². The number of ether oxygens (including phenoxy) is 2. The molecule has 5 nitrogen and oxygen atoms in total. The van der Waals surface area contributed by atoms with Gasteiger partial charge >= 0.3 is 0 Å². The lowest BCUT2D eigenvalue weighted by atomic mass is 9.83. The molecule has 130 valence electrons. The van der Waals surface area contributed by atoms with Crippen LogP contribution >= 0.6 is 11.8 Å². The standard InChI is InChI=1S/C18H24N2O3S/c21-17(14-5-9-24-10-6-14)20-12-18(13-20)11-15(4-8-22-18)23-16-3-1-2-7-19-16/h1-3,7,14-15H,4-6,8-13H2/t15-/m0/s1. The lowest BCUT2D eigenvalue weighted by molar-refractivity contribution is -0.195. The quantitative estimate of drug-likeness (QED) is 0.839. The third kappa shape index (κ3) is 3.40. The van der Waals surface area contributed by atoms with E-state index in [0.29, 0.717) is 18.4 Å². The van der Waals surface area contributed by atoms with Gasteiger partial charge in [-0.05, 0) is 30.4 Å². The molecule has 0 radical (unpaired) electrons. The van der Waals surface area contributed by atoms with Crippen molar-refractivity contribution < 1.29 is 14.3 Å². The molecule has 6 heteroatoms. The molecule has 0 aromatic carbocycles. The van der Waals surface area contributed by atoms with Gasteiger partial charge in [0.1, 0.15) is 11.7 Å². The minimum absolute atomic E-state index is 0.122. The van der Waals surface area contributed by atoms with E-state index in [-0.39, 0.29) is 17.6 Å². The number of aromatic nitrogens is 1. The summed E-state index contributed by atoms with van der Waals surface area (Å²) in [5, 5.41) is 0. The third-order valence-corrected chi connectivity index (χ3v) is 6.26. The van der Waals surface area contributed by atoms with Crippen molar-refractivity contribution in [3.63, 3.8) is 0 Å². The Morgan fingerprint density at radius 3 is 2.88 bits per heavy atom. The number of hydrogen-bond acceptors (Lipinski definition) is 5. The van der Waals surface area contributed by atoms with Crippen LogP contribution in [0.15, 0.2) is 24.4 Å². The molecule has 1 aromatic heterocycles. The van der Waals surface area contributed by atoms with Crippen molar-refractivity contribution in [2.45, 2.75) is 37.4 Å². The molecule has 4 rings (SSSR count). The monoisotopic (exact) mass is 348 g/mol. The van der Waals surface area contributed by atoms with E-state index in [1.54, 1.807) is 6.20 Å². The fourth-order valence-electron chi connectivity index (χ4n) is 3.90. The average molecular weight is 348 g/mol. The second kappa shape index (κ2) is 6.92. The molecule has 1 atom stereocenters. The maximum absolute atomic E-state index is 12.6. The number of likely N-dealkylation sites (tertiary alicyclic amines) is 1. The van der Waals surface area contributed by atoms with Gasteiger partial charge in [-0.25, -0.2) is 4.98 Å². The van der Waals surface area contributed by atoms with Gasteiger partial charge in [-0.2, -0.15) is 11.8 Å². The predicted octanol–water partition coefficient (Wildman–Crippen LogP) is 2.36. The molecular weight excluding hydrogens is 324 g/mol. The molecule has 0 bridgehead atoms. The van der Waals surface area contributed by atoms with Crippen LogP contribution < -0.4 is 4.74 Å². The van der Waals surface area contributed by atoms with Gasteiger partial charge in [0.15, 0.2) is 0 Å². The number of carbonyl (C=O) groups excluding carboxylic acids is 1. The highest BCUT2D eigenvalue weighted by molar-refractivity contribution is 7.99. The van der Waals surface area contributed by atoms with E-state index in [4.69, 9.17) is 9.47 Å². The summed E-state index contributed by atoms with van der Waals surface area (Å²) in [7, 11) is 0. The van der Waals surface area contributed by atoms with Crippen LogP contribution in [0.5, 0.6) is 5.88 Å². The minimum Gasteiger partial charge on any atom is -0.474 e. The zero-order valence-corrected chi connectivity index (χ0v) is 14.7. The van der Waals surface area contributed by atoms with E-state index in [9.17, 15) is 4.79 Å². The molecule has 1 amide bonds. The lowest BCUT2D eigenvalue weighted by Gasteiger charge is -2.53. The van der Waals surface area contributed by atoms with E-state index < -0.39 is 0 Å². The van der Waals surface area contributed by atoms with E-state index in [1.165, 1.54) is 0 Å². The van der Waals surface area contributed by atoms with Crippen LogP contribution in [0, 0.1) is 5.92 Å². The van der Waals surface area contributed by atoms with E-state index in [1.807, 2.05) is 34.9 Å². The van der Waals surface area contributed by atoms with Crippen LogP contribution in [0.25, 0.3) is 0 Å². The topological polar surface area (TPSA) is 51.7 Å². The molecule has 1 aromatic rings. The van der Waals surface area contributed by atoms with Gasteiger partial charge in [-0.15, -0.1) is 0 Å². The first-order valence-electron chi connectivity index (χ1n) is 8.82. The lowest BCUT2D eigenvalue weighted by Crippen LogP contribution is -2.68. The summed E-state index contributed by atoms with van der Waals surface area (Å²) < 4.78 is 12.0. The summed E-state index contributed by atoms with van der Waals surface area (Å²) in [5.74, 6) is 3.47. The number of rotatable bonds is 3. The molecule has 0 N–H and O–H groups in total. The first kappa shape index (κ1) is 16.2. The van der Waals surface area contributed by atoms with Crippen molar-refractivity contribution in [3.05, 3.63) is 24.4 Å². The highest BCUT2D eigenvalue weighted by Gasteiger charge is 2.50. The molecule has 1 spiro atoms. The second-order valence-electron chi connectivity index (χ2n) is 7.01. The number of carbonyl (C=O) groups is 1. The van der Waals surface area contributed by atoms with Gasteiger partial charge in [0.2, 0.25) is 11.8 Å². The average Bonchev–Trinajstić information content (AvgIpc) is 2.61. The highest BCUT2D eigenvalue weighted by atomic mass is 32.2. The Kier molecular flexibility index (Phi) is 4.68. The van der Waals surface area contributed by atoms with Crippen molar-refractivity contribution in [3.8, 4) is 5.88 Å². The maximum atomic E-state index is 12.6. The Balaban J connectivity index is 1.31. The van der Waals surface area contributed by atoms with Gasteiger partial charge in [-0.3, -0.25) is 4.79 Å². The molecule has 0 saturated carbocycles. The van der Waals surface area contributed by atoms with Gasteiger partial charge in [0, 0.05) is 31.0 Å². The Bertz CT molecular complexity index is 571. The van der Waals surface area contributed by atoms with Crippen molar-refractivity contribution in [1.82, 2.24) is 9.88 Å². The molecule has 24 heavy (non-hydrogen) atoms. The summed E-state index contributed by atoms with van der Waals surface area (Å²) in [6, 6.07) is 5.71. The van der Waals surface area contributed by atoms with E-state index >= 15 is 0 Å². The molecule has 0 aliphatic carbocycles.